The highest BCUT2D eigenvalue weighted by Gasteiger charge is 2.31. The highest BCUT2D eigenvalue weighted by Crippen LogP contribution is 2.29. The Labute approximate surface area is 163 Å². The Morgan fingerprint density at radius 2 is 1.93 bits per heavy atom. The number of rotatable bonds is 8. The van der Waals surface area contributed by atoms with E-state index in [4.69, 9.17) is 0 Å². The van der Waals surface area contributed by atoms with Crippen LogP contribution < -0.4 is 0 Å². The van der Waals surface area contributed by atoms with Gasteiger partial charge in [-0.15, -0.1) is 0 Å². The largest absolute Gasteiger partial charge is 0.341 e. The first-order valence-electron chi connectivity index (χ1n) is 10.4. The predicted molar refractivity (Wildman–Crippen MR) is 107 cm³/mol. The van der Waals surface area contributed by atoms with E-state index in [-0.39, 0.29) is 11.7 Å². The number of likely N-dealkylation sites (N-methyl/N-ethyl adjacent to an activating group) is 1. The molecule has 5 heteroatoms. The first kappa shape index (κ1) is 20.3. The summed E-state index contributed by atoms with van der Waals surface area (Å²) >= 11 is 0. The van der Waals surface area contributed by atoms with Crippen molar-refractivity contribution >= 4 is 5.91 Å². The van der Waals surface area contributed by atoms with Gasteiger partial charge in [-0.3, -0.25) is 9.69 Å². The van der Waals surface area contributed by atoms with Crippen LogP contribution in [0.1, 0.15) is 37.7 Å². The first-order chi connectivity index (χ1) is 13.0. The van der Waals surface area contributed by atoms with Gasteiger partial charge in [0.1, 0.15) is 5.82 Å². The maximum Gasteiger partial charge on any atom is 0.225 e. The average Bonchev–Trinajstić information content (AvgIpc) is 2.59. The fourth-order valence-corrected chi connectivity index (χ4v) is 4.15. The second kappa shape index (κ2) is 9.65. The van der Waals surface area contributed by atoms with E-state index in [1.165, 1.54) is 12.5 Å². The third kappa shape index (κ3) is 5.76. The minimum absolute atomic E-state index is 0.118. The second-order valence-electron chi connectivity index (χ2n) is 8.55. The molecule has 2 aliphatic rings. The van der Waals surface area contributed by atoms with Crippen LogP contribution in [-0.2, 0) is 11.3 Å². The van der Waals surface area contributed by atoms with Gasteiger partial charge in [-0.25, -0.2) is 4.39 Å². The molecule has 4 nitrogen and oxygen atoms in total. The third-order valence-electron chi connectivity index (χ3n) is 6.02. The van der Waals surface area contributed by atoms with Crippen LogP contribution in [0.5, 0.6) is 0 Å². The summed E-state index contributed by atoms with van der Waals surface area (Å²) in [6.07, 6.45) is 5.59. The second-order valence-corrected chi connectivity index (χ2v) is 8.55. The molecule has 1 atom stereocenters. The molecule has 2 fully saturated rings. The highest BCUT2D eigenvalue weighted by atomic mass is 19.1. The molecule has 0 N–H and O–H groups in total. The molecule has 0 bridgehead atoms. The fourth-order valence-electron chi connectivity index (χ4n) is 4.15. The van der Waals surface area contributed by atoms with Crippen molar-refractivity contribution in [2.45, 2.75) is 38.6 Å². The van der Waals surface area contributed by atoms with Crippen molar-refractivity contribution in [1.82, 2.24) is 14.7 Å². The lowest BCUT2D eigenvalue weighted by atomic mass is 9.84. The molecule has 3 rings (SSSR count). The number of carbonyl (C=O) groups is 1. The van der Waals surface area contributed by atoms with Crippen molar-refractivity contribution in [2.24, 2.45) is 11.8 Å². The van der Waals surface area contributed by atoms with E-state index >= 15 is 0 Å². The van der Waals surface area contributed by atoms with Crippen LogP contribution in [0, 0.1) is 17.7 Å². The Morgan fingerprint density at radius 3 is 2.59 bits per heavy atom. The van der Waals surface area contributed by atoms with Crippen LogP contribution >= 0.6 is 0 Å². The number of nitrogens with zero attached hydrogens (tertiary/aromatic N) is 3. The molecule has 1 aliphatic heterocycles. The lowest BCUT2D eigenvalue weighted by Crippen LogP contribution is -2.47. The Hall–Kier alpha value is -1.46. The van der Waals surface area contributed by atoms with Crippen LogP contribution in [-0.4, -0.2) is 67.4 Å². The van der Waals surface area contributed by atoms with Gasteiger partial charge in [0.2, 0.25) is 5.91 Å². The minimum atomic E-state index is -0.118. The zero-order valence-electron chi connectivity index (χ0n) is 16.9. The zero-order chi connectivity index (χ0) is 19.2. The number of benzene rings is 1. The quantitative estimate of drug-likeness (QED) is 0.698. The SMILES string of the molecule is CN(C)CCN(C[C@H]1CCCN(Cc2ccccc2F)C1)C(=O)C1CCC1. The van der Waals surface area contributed by atoms with E-state index < -0.39 is 0 Å². The van der Waals surface area contributed by atoms with Gasteiger partial charge in [0, 0.05) is 44.2 Å². The van der Waals surface area contributed by atoms with Gasteiger partial charge in [0.05, 0.1) is 0 Å². The monoisotopic (exact) mass is 375 g/mol. The number of halogens is 1. The van der Waals surface area contributed by atoms with E-state index in [9.17, 15) is 9.18 Å². The summed E-state index contributed by atoms with van der Waals surface area (Å²) in [4.78, 5) is 19.5. The van der Waals surface area contributed by atoms with Crippen molar-refractivity contribution in [3.8, 4) is 0 Å². The summed E-state index contributed by atoms with van der Waals surface area (Å²) < 4.78 is 14.0. The topological polar surface area (TPSA) is 26.8 Å². The van der Waals surface area contributed by atoms with E-state index in [0.29, 0.717) is 18.4 Å². The normalized spacial score (nSPS) is 21.3. The van der Waals surface area contributed by atoms with Crippen molar-refractivity contribution < 1.29 is 9.18 Å². The standard InChI is InChI=1S/C22H34FN3O/c1-24(2)13-14-26(22(27)19-9-5-10-19)16-18-7-6-12-25(15-18)17-20-8-3-4-11-21(20)23/h3-4,8,11,18-19H,5-7,9-10,12-17H2,1-2H3/t18-/m0/s1. The summed E-state index contributed by atoms with van der Waals surface area (Å²) in [5.74, 6) is 0.976. The van der Waals surface area contributed by atoms with Crippen LogP contribution in [0.15, 0.2) is 24.3 Å². The molecule has 150 valence electrons. The minimum Gasteiger partial charge on any atom is -0.341 e. The molecule has 0 aromatic heterocycles. The number of piperidine rings is 1. The Morgan fingerprint density at radius 1 is 1.15 bits per heavy atom. The van der Waals surface area contributed by atoms with Gasteiger partial charge in [0.15, 0.2) is 0 Å². The summed E-state index contributed by atoms with van der Waals surface area (Å²) in [5, 5.41) is 0. The van der Waals surface area contributed by atoms with Crippen LogP contribution in [0.25, 0.3) is 0 Å². The smallest absolute Gasteiger partial charge is 0.225 e. The lowest BCUT2D eigenvalue weighted by molar-refractivity contribution is -0.139. The molecule has 1 saturated heterocycles. The predicted octanol–water partition coefficient (Wildman–Crippen LogP) is 3.23. The Balaban J connectivity index is 1.57. The zero-order valence-corrected chi connectivity index (χ0v) is 16.9. The van der Waals surface area contributed by atoms with Gasteiger partial charge >= 0.3 is 0 Å². The van der Waals surface area contributed by atoms with Crippen LogP contribution in [0.3, 0.4) is 0 Å². The molecular formula is C22H34FN3O. The average molecular weight is 376 g/mol. The van der Waals surface area contributed by atoms with Gasteiger partial charge < -0.3 is 9.80 Å². The number of amides is 1. The van der Waals surface area contributed by atoms with Crippen LogP contribution in [0.2, 0.25) is 0 Å². The number of hydrogen-bond acceptors (Lipinski definition) is 3. The van der Waals surface area contributed by atoms with Gasteiger partial charge in [-0.1, -0.05) is 24.6 Å². The van der Waals surface area contributed by atoms with Gasteiger partial charge in [-0.2, -0.15) is 0 Å². The molecule has 0 unspecified atom stereocenters. The highest BCUT2D eigenvalue weighted by molar-refractivity contribution is 5.79. The van der Waals surface area contributed by atoms with Crippen molar-refractivity contribution in [1.29, 1.82) is 0 Å². The van der Waals surface area contributed by atoms with Crippen molar-refractivity contribution in [3.05, 3.63) is 35.6 Å². The molecule has 0 radical (unpaired) electrons. The number of carbonyl (C=O) groups excluding carboxylic acids is 1. The summed E-state index contributed by atoms with van der Waals surface area (Å²) in [6.45, 7) is 5.19. The Bertz CT molecular complexity index is 617. The molecule has 1 amide bonds. The molecular weight excluding hydrogens is 341 g/mol. The van der Waals surface area contributed by atoms with E-state index in [0.717, 1.165) is 64.0 Å². The number of hydrogen-bond donors (Lipinski definition) is 0. The maximum atomic E-state index is 14.0. The third-order valence-corrected chi connectivity index (χ3v) is 6.02. The molecule has 1 aromatic carbocycles. The molecule has 1 aromatic rings. The molecule has 1 aliphatic carbocycles. The van der Waals surface area contributed by atoms with E-state index in [1.807, 2.05) is 12.1 Å². The molecule has 1 saturated carbocycles. The number of likely N-dealkylation sites (tertiary alicyclic amines) is 1. The first-order valence-corrected chi connectivity index (χ1v) is 10.4. The van der Waals surface area contributed by atoms with Crippen molar-refractivity contribution in [2.75, 3.05) is 46.8 Å². The van der Waals surface area contributed by atoms with E-state index in [2.05, 4.69) is 28.8 Å². The summed E-state index contributed by atoms with van der Waals surface area (Å²) in [7, 11) is 4.12. The maximum absolute atomic E-state index is 14.0. The molecule has 0 spiro atoms. The van der Waals surface area contributed by atoms with E-state index in [1.54, 1.807) is 6.07 Å². The molecule has 27 heavy (non-hydrogen) atoms. The van der Waals surface area contributed by atoms with Crippen LogP contribution in [0.4, 0.5) is 4.39 Å². The Kier molecular flexibility index (Phi) is 7.25. The summed E-state index contributed by atoms with van der Waals surface area (Å²) in [5.41, 5.74) is 0.771. The lowest BCUT2D eigenvalue weighted by Gasteiger charge is -2.38. The fraction of sp³-hybridized carbons (Fsp3) is 0.682. The molecule has 1 heterocycles. The van der Waals surface area contributed by atoms with Gasteiger partial charge in [-0.05, 0) is 58.3 Å². The summed E-state index contributed by atoms with van der Waals surface area (Å²) in [6, 6.07) is 7.06. The van der Waals surface area contributed by atoms with Crippen molar-refractivity contribution in [3.63, 3.8) is 0 Å². The van der Waals surface area contributed by atoms with Gasteiger partial charge in [0.25, 0.3) is 0 Å².